The van der Waals surface area contributed by atoms with Crippen LogP contribution in [-0.2, 0) is 9.53 Å². The number of rotatable bonds is 4. The van der Waals surface area contributed by atoms with E-state index in [1.54, 1.807) is 7.11 Å². The van der Waals surface area contributed by atoms with E-state index < -0.39 is 0 Å². The third-order valence-corrected chi connectivity index (χ3v) is 5.91. The summed E-state index contributed by atoms with van der Waals surface area (Å²) in [6.45, 7) is 1.36. The van der Waals surface area contributed by atoms with Crippen molar-refractivity contribution in [1.29, 1.82) is 0 Å². The van der Waals surface area contributed by atoms with E-state index in [0.29, 0.717) is 18.9 Å². The molecule has 2 fully saturated rings. The maximum Gasteiger partial charge on any atom is 0.233 e. The van der Waals surface area contributed by atoms with Crippen molar-refractivity contribution in [2.24, 2.45) is 0 Å². The maximum absolute atomic E-state index is 12.7. The van der Waals surface area contributed by atoms with Crippen molar-refractivity contribution in [3.8, 4) is 5.75 Å². The molecular weight excluding hydrogens is 338 g/mol. The fourth-order valence-corrected chi connectivity index (χ4v) is 4.55. The lowest BCUT2D eigenvalue weighted by atomic mass is 9.90. The molecule has 1 N–H and O–H groups in total. The van der Waals surface area contributed by atoms with Gasteiger partial charge in [0.2, 0.25) is 5.91 Å². The molecule has 1 aliphatic heterocycles. The molecule has 2 heterocycles. The Hall–Kier alpha value is -1.73. The van der Waals surface area contributed by atoms with Gasteiger partial charge in [-0.25, -0.2) is 4.98 Å². The van der Waals surface area contributed by atoms with E-state index in [0.717, 1.165) is 34.8 Å². The van der Waals surface area contributed by atoms with Crippen LogP contribution in [0.15, 0.2) is 23.4 Å². The van der Waals surface area contributed by atoms with Gasteiger partial charge in [0, 0.05) is 12.6 Å². The fraction of sp³-hybridized carbons (Fsp3) is 0.556. The van der Waals surface area contributed by atoms with Crippen LogP contribution in [0.2, 0.25) is 0 Å². The Morgan fingerprint density at radius 3 is 3.20 bits per heavy atom. The first kappa shape index (κ1) is 16.7. The molecule has 0 bridgehead atoms. The first-order chi connectivity index (χ1) is 12.2. The molecule has 2 aromatic rings. The number of imidazole rings is 1. The van der Waals surface area contributed by atoms with Crippen molar-refractivity contribution in [2.45, 2.75) is 43.0 Å². The van der Waals surface area contributed by atoms with Crippen molar-refractivity contribution < 1.29 is 14.3 Å². The quantitative estimate of drug-likeness (QED) is 0.848. The van der Waals surface area contributed by atoms with Crippen LogP contribution in [0.5, 0.6) is 5.75 Å². The number of H-pyrrole nitrogens is 1. The zero-order valence-electron chi connectivity index (χ0n) is 14.4. The molecule has 1 saturated heterocycles. The Bertz CT molecular complexity index is 761. The smallest absolute Gasteiger partial charge is 0.233 e. The van der Waals surface area contributed by atoms with Crippen LogP contribution < -0.4 is 4.74 Å². The molecule has 1 aromatic carbocycles. The summed E-state index contributed by atoms with van der Waals surface area (Å²) in [5.41, 5.74) is 1.81. The number of aromatic nitrogens is 2. The second kappa shape index (κ2) is 7.25. The van der Waals surface area contributed by atoms with Gasteiger partial charge in [-0.15, -0.1) is 0 Å². The molecule has 1 aliphatic carbocycles. The first-order valence-corrected chi connectivity index (χ1v) is 9.81. The SMILES string of the molecule is COc1ccc2nc(SCC(=O)N3CCOC4CCCCC43)[nH]c2c1. The van der Waals surface area contributed by atoms with Gasteiger partial charge in [0.15, 0.2) is 5.16 Å². The number of hydrogen-bond acceptors (Lipinski definition) is 5. The minimum atomic E-state index is 0.184. The van der Waals surface area contributed by atoms with Gasteiger partial charge in [-0.2, -0.15) is 0 Å². The zero-order chi connectivity index (χ0) is 17.2. The van der Waals surface area contributed by atoms with Crippen molar-refractivity contribution in [3.05, 3.63) is 18.2 Å². The molecule has 4 rings (SSSR count). The highest BCUT2D eigenvalue weighted by Gasteiger charge is 2.36. The monoisotopic (exact) mass is 361 g/mol. The van der Waals surface area contributed by atoms with E-state index in [-0.39, 0.29) is 18.1 Å². The number of fused-ring (bicyclic) bond motifs is 2. The topological polar surface area (TPSA) is 67.4 Å². The number of carbonyl (C=O) groups is 1. The molecule has 2 atom stereocenters. The van der Waals surface area contributed by atoms with Gasteiger partial charge in [-0.05, 0) is 25.0 Å². The van der Waals surface area contributed by atoms with Crippen LogP contribution in [0.1, 0.15) is 25.7 Å². The summed E-state index contributed by atoms with van der Waals surface area (Å²) in [5.74, 6) is 1.38. The Kier molecular flexibility index (Phi) is 4.85. The lowest BCUT2D eigenvalue weighted by molar-refractivity contribution is -0.146. The van der Waals surface area contributed by atoms with E-state index in [2.05, 4.69) is 9.97 Å². The summed E-state index contributed by atoms with van der Waals surface area (Å²) in [6.07, 6.45) is 4.77. The number of benzene rings is 1. The molecule has 1 saturated carbocycles. The number of carbonyl (C=O) groups excluding carboxylic acids is 1. The number of ether oxygens (including phenoxy) is 2. The number of methoxy groups -OCH3 is 1. The van der Waals surface area contributed by atoms with E-state index in [4.69, 9.17) is 9.47 Å². The molecule has 2 aliphatic rings. The van der Waals surface area contributed by atoms with Gasteiger partial charge in [0.05, 0.1) is 42.6 Å². The van der Waals surface area contributed by atoms with E-state index in [1.807, 2.05) is 23.1 Å². The summed E-state index contributed by atoms with van der Waals surface area (Å²) in [7, 11) is 1.65. The summed E-state index contributed by atoms with van der Waals surface area (Å²) in [5, 5.41) is 0.769. The second-order valence-corrected chi connectivity index (χ2v) is 7.53. The number of aromatic amines is 1. The zero-order valence-corrected chi connectivity index (χ0v) is 15.2. The van der Waals surface area contributed by atoms with Gasteiger partial charge in [-0.1, -0.05) is 24.6 Å². The number of nitrogens with zero attached hydrogens (tertiary/aromatic N) is 2. The average Bonchev–Trinajstić information content (AvgIpc) is 3.07. The predicted octanol–water partition coefficient (Wildman–Crippen LogP) is 2.83. The molecule has 0 radical (unpaired) electrons. The van der Waals surface area contributed by atoms with E-state index >= 15 is 0 Å². The van der Waals surface area contributed by atoms with Crippen molar-refractivity contribution in [1.82, 2.24) is 14.9 Å². The highest BCUT2D eigenvalue weighted by atomic mass is 32.2. The molecule has 0 spiro atoms. The Labute approximate surface area is 151 Å². The molecule has 6 nitrogen and oxygen atoms in total. The minimum Gasteiger partial charge on any atom is -0.497 e. The average molecular weight is 361 g/mol. The standard InChI is InChI=1S/C18H23N3O3S/c1-23-12-6-7-13-14(10-12)20-18(19-13)25-11-17(22)21-8-9-24-16-5-3-2-4-15(16)21/h6-7,10,15-16H,2-5,8-9,11H2,1H3,(H,19,20). The summed E-state index contributed by atoms with van der Waals surface area (Å²) < 4.78 is 11.1. The van der Waals surface area contributed by atoms with Crippen molar-refractivity contribution >= 4 is 28.7 Å². The third kappa shape index (κ3) is 3.48. The third-order valence-electron chi connectivity index (χ3n) is 5.05. The van der Waals surface area contributed by atoms with Crippen LogP contribution in [0.3, 0.4) is 0 Å². The molecule has 1 amide bonds. The van der Waals surface area contributed by atoms with Crippen LogP contribution in [0.25, 0.3) is 11.0 Å². The van der Waals surface area contributed by atoms with Crippen LogP contribution >= 0.6 is 11.8 Å². The van der Waals surface area contributed by atoms with Crippen LogP contribution in [0, 0.1) is 0 Å². The Morgan fingerprint density at radius 1 is 1.44 bits per heavy atom. The lowest BCUT2D eigenvalue weighted by Crippen LogP contribution is -2.55. The highest BCUT2D eigenvalue weighted by molar-refractivity contribution is 7.99. The molecule has 7 heteroatoms. The second-order valence-electron chi connectivity index (χ2n) is 6.56. The highest BCUT2D eigenvalue weighted by Crippen LogP contribution is 2.29. The number of thioether (sulfide) groups is 1. The summed E-state index contributed by atoms with van der Waals surface area (Å²) >= 11 is 1.46. The van der Waals surface area contributed by atoms with Crippen molar-refractivity contribution in [2.75, 3.05) is 26.0 Å². The van der Waals surface area contributed by atoms with Gasteiger partial charge in [0.25, 0.3) is 0 Å². The predicted molar refractivity (Wildman–Crippen MR) is 97.1 cm³/mol. The Morgan fingerprint density at radius 2 is 2.32 bits per heavy atom. The minimum absolute atomic E-state index is 0.184. The number of amides is 1. The number of morpholine rings is 1. The molecular formula is C18H23N3O3S. The normalized spacial score (nSPS) is 23.5. The maximum atomic E-state index is 12.7. The molecule has 25 heavy (non-hydrogen) atoms. The van der Waals surface area contributed by atoms with Crippen LogP contribution in [0.4, 0.5) is 0 Å². The summed E-state index contributed by atoms with van der Waals surface area (Å²) in [4.78, 5) is 22.6. The number of nitrogens with one attached hydrogen (secondary N) is 1. The molecule has 1 aromatic heterocycles. The van der Waals surface area contributed by atoms with Crippen molar-refractivity contribution in [3.63, 3.8) is 0 Å². The van der Waals surface area contributed by atoms with Gasteiger partial charge in [-0.3, -0.25) is 4.79 Å². The fourth-order valence-electron chi connectivity index (χ4n) is 3.78. The first-order valence-electron chi connectivity index (χ1n) is 8.82. The van der Waals surface area contributed by atoms with E-state index in [1.165, 1.54) is 24.6 Å². The molecule has 2 unspecified atom stereocenters. The van der Waals surface area contributed by atoms with Gasteiger partial charge in [0.1, 0.15) is 5.75 Å². The van der Waals surface area contributed by atoms with Gasteiger partial charge >= 0.3 is 0 Å². The Balaban J connectivity index is 1.41. The van der Waals surface area contributed by atoms with E-state index in [9.17, 15) is 4.79 Å². The van der Waals surface area contributed by atoms with Crippen LogP contribution in [-0.4, -0.2) is 58.9 Å². The molecule has 134 valence electrons. The number of hydrogen-bond donors (Lipinski definition) is 1. The lowest BCUT2D eigenvalue weighted by Gasteiger charge is -2.43. The van der Waals surface area contributed by atoms with Gasteiger partial charge < -0.3 is 19.4 Å². The largest absolute Gasteiger partial charge is 0.497 e. The summed E-state index contributed by atoms with van der Waals surface area (Å²) in [6, 6.07) is 5.99.